The van der Waals surface area contributed by atoms with Crippen molar-refractivity contribution < 1.29 is 13.2 Å². The predicted octanol–water partition coefficient (Wildman–Crippen LogP) is 1.12. The van der Waals surface area contributed by atoms with E-state index in [2.05, 4.69) is 20.7 Å². The molecule has 1 amide bonds. The molecule has 0 unspecified atom stereocenters. The van der Waals surface area contributed by atoms with Crippen LogP contribution in [0.2, 0.25) is 0 Å². The van der Waals surface area contributed by atoms with E-state index in [1.165, 1.54) is 26.0 Å². The Hall–Kier alpha value is -0.920. The number of sulfonamides is 1. The van der Waals surface area contributed by atoms with E-state index in [0.717, 1.165) is 5.56 Å². The molecule has 1 rings (SSSR count). The van der Waals surface area contributed by atoms with Crippen molar-refractivity contribution in [1.29, 1.82) is 0 Å². The van der Waals surface area contributed by atoms with E-state index in [1.807, 2.05) is 0 Å². The lowest BCUT2D eigenvalue weighted by atomic mass is 10.1. The fourth-order valence-corrected chi connectivity index (χ4v) is 2.96. The Balaban J connectivity index is 3.03. The van der Waals surface area contributed by atoms with E-state index in [9.17, 15) is 13.2 Å². The number of nitrogens with one attached hydrogen (secondary N) is 1. The van der Waals surface area contributed by atoms with Crippen molar-refractivity contribution in [2.24, 2.45) is 5.73 Å². The van der Waals surface area contributed by atoms with Crippen LogP contribution in [-0.2, 0) is 20.1 Å². The number of primary amides is 1. The number of halogens is 1. The summed E-state index contributed by atoms with van der Waals surface area (Å²) in [6, 6.07) is 6.35. The highest BCUT2D eigenvalue weighted by atomic mass is 79.9. The van der Waals surface area contributed by atoms with Crippen molar-refractivity contribution in [2.75, 3.05) is 0 Å². The summed E-state index contributed by atoms with van der Waals surface area (Å²) in [6.07, 6.45) is 0. The first kappa shape index (κ1) is 15.1. The van der Waals surface area contributed by atoms with Gasteiger partial charge in [0.05, 0.1) is 4.90 Å². The molecule has 0 spiro atoms. The van der Waals surface area contributed by atoms with Crippen LogP contribution in [0.15, 0.2) is 29.2 Å². The summed E-state index contributed by atoms with van der Waals surface area (Å²) in [5.41, 5.74) is 4.76. The lowest BCUT2D eigenvalue weighted by Gasteiger charge is -2.22. The number of carbonyl (C=O) groups excluding carboxylic acids is 1. The number of amides is 1. The Morgan fingerprint density at radius 1 is 1.33 bits per heavy atom. The zero-order valence-electron chi connectivity index (χ0n) is 10.1. The molecule has 0 aromatic heterocycles. The molecule has 3 N–H and O–H groups in total. The van der Waals surface area contributed by atoms with Gasteiger partial charge in [0.2, 0.25) is 15.9 Å². The van der Waals surface area contributed by atoms with Gasteiger partial charge in [0.1, 0.15) is 5.54 Å². The predicted molar refractivity (Wildman–Crippen MR) is 72.7 cm³/mol. The van der Waals surface area contributed by atoms with Gasteiger partial charge in [-0.05, 0) is 31.5 Å². The standard InChI is InChI=1S/C11H15BrN2O3S/c1-11(2,10(13)15)14-18(16,17)9-5-3-8(7-12)4-6-9/h3-6,14H,7H2,1-2H3,(H2,13,15). The molecule has 0 aliphatic rings. The highest BCUT2D eigenvalue weighted by Crippen LogP contribution is 2.15. The number of nitrogens with two attached hydrogens (primary N) is 1. The van der Waals surface area contributed by atoms with E-state index < -0.39 is 21.5 Å². The molecule has 0 heterocycles. The smallest absolute Gasteiger partial charge is 0.241 e. The summed E-state index contributed by atoms with van der Waals surface area (Å²) in [5.74, 6) is -0.733. The van der Waals surface area contributed by atoms with Gasteiger partial charge in [-0.3, -0.25) is 4.79 Å². The number of benzene rings is 1. The van der Waals surface area contributed by atoms with Crippen molar-refractivity contribution in [3.8, 4) is 0 Å². The molecule has 1 aromatic rings. The molecule has 1 aromatic carbocycles. The van der Waals surface area contributed by atoms with Crippen LogP contribution in [-0.4, -0.2) is 19.9 Å². The fraction of sp³-hybridized carbons (Fsp3) is 0.364. The second-order valence-corrected chi connectivity index (χ2v) is 6.62. The molecule has 5 nitrogen and oxygen atoms in total. The first-order valence-corrected chi connectivity index (χ1v) is 7.78. The molecular weight excluding hydrogens is 320 g/mol. The van der Waals surface area contributed by atoms with Gasteiger partial charge in [-0.2, -0.15) is 4.72 Å². The molecule has 0 aliphatic heterocycles. The van der Waals surface area contributed by atoms with Crippen LogP contribution in [0.3, 0.4) is 0 Å². The van der Waals surface area contributed by atoms with Crippen molar-refractivity contribution in [1.82, 2.24) is 4.72 Å². The molecule has 0 radical (unpaired) electrons. The number of hydrogen-bond acceptors (Lipinski definition) is 3. The van der Waals surface area contributed by atoms with E-state index in [4.69, 9.17) is 5.73 Å². The summed E-state index contributed by atoms with van der Waals surface area (Å²) in [7, 11) is -3.75. The van der Waals surface area contributed by atoms with Crippen LogP contribution in [0, 0.1) is 0 Å². The lowest BCUT2D eigenvalue weighted by molar-refractivity contribution is -0.122. The summed E-state index contributed by atoms with van der Waals surface area (Å²) >= 11 is 3.27. The van der Waals surface area contributed by atoms with Gasteiger partial charge in [-0.15, -0.1) is 0 Å². The zero-order chi connectivity index (χ0) is 14.0. The van der Waals surface area contributed by atoms with Crippen molar-refractivity contribution >= 4 is 31.9 Å². The van der Waals surface area contributed by atoms with E-state index >= 15 is 0 Å². The van der Waals surface area contributed by atoms with Gasteiger partial charge < -0.3 is 5.73 Å². The maximum atomic E-state index is 12.0. The van der Waals surface area contributed by atoms with Crippen LogP contribution in [0.4, 0.5) is 0 Å². The van der Waals surface area contributed by atoms with Crippen molar-refractivity contribution in [2.45, 2.75) is 29.6 Å². The Labute approximate surface area is 115 Å². The van der Waals surface area contributed by atoms with Crippen molar-refractivity contribution in [3.63, 3.8) is 0 Å². The first-order valence-electron chi connectivity index (χ1n) is 5.18. The summed E-state index contributed by atoms with van der Waals surface area (Å²) in [6.45, 7) is 2.83. The maximum Gasteiger partial charge on any atom is 0.241 e. The van der Waals surface area contributed by atoms with Crippen LogP contribution in [0.1, 0.15) is 19.4 Å². The number of alkyl halides is 1. The van der Waals surface area contributed by atoms with Gasteiger partial charge in [0.25, 0.3) is 0 Å². The van der Waals surface area contributed by atoms with Gasteiger partial charge in [-0.1, -0.05) is 28.1 Å². The van der Waals surface area contributed by atoms with Gasteiger partial charge >= 0.3 is 0 Å². The minimum Gasteiger partial charge on any atom is -0.368 e. The molecule has 7 heteroatoms. The Bertz CT molecular complexity index is 538. The highest BCUT2D eigenvalue weighted by molar-refractivity contribution is 9.08. The third-order valence-corrected chi connectivity index (χ3v) is 4.71. The third-order valence-electron chi connectivity index (χ3n) is 2.39. The molecular formula is C11H15BrN2O3S. The third kappa shape index (κ3) is 3.54. The van der Waals surface area contributed by atoms with E-state index in [0.29, 0.717) is 5.33 Å². The normalized spacial score (nSPS) is 12.4. The molecule has 0 aliphatic carbocycles. The SMILES string of the molecule is CC(C)(NS(=O)(=O)c1ccc(CBr)cc1)C(N)=O. The van der Waals surface area contributed by atoms with Gasteiger partial charge in [-0.25, -0.2) is 8.42 Å². The Morgan fingerprint density at radius 2 is 1.83 bits per heavy atom. The van der Waals surface area contributed by atoms with E-state index in [1.54, 1.807) is 12.1 Å². The second-order valence-electron chi connectivity index (χ2n) is 4.37. The van der Waals surface area contributed by atoms with Gasteiger partial charge in [0, 0.05) is 5.33 Å². The zero-order valence-corrected chi connectivity index (χ0v) is 12.5. The molecule has 0 atom stereocenters. The molecule has 0 saturated carbocycles. The largest absolute Gasteiger partial charge is 0.368 e. The van der Waals surface area contributed by atoms with Crippen LogP contribution in [0.25, 0.3) is 0 Å². The van der Waals surface area contributed by atoms with Crippen LogP contribution >= 0.6 is 15.9 Å². The minimum atomic E-state index is -3.75. The molecule has 0 bridgehead atoms. The van der Waals surface area contributed by atoms with Crippen LogP contribution in [0.5, 0.6) is 0 Å². The number of hydrogen-bond donors (Lipinski definition) is 2. The topological polar surface area (TPSA) is 89.3 Å². The second kappa shape index (κ2) is 5.38. The summed E-state index contributed by atoms with van der Waals surface area (Å²) in [4.78, 5) is 11.2. The minimum absolute atomic E-state index is 0.0986. The van der Waals surface area contributed by atoms with Gasteiger partial charge in [0.15, 0.2) is 0 Å². The van der Waals surface area contributed by atoms with Crippen molar-refractivity contribution in [3.05, 3.63) is 29.8 Å². The number of rotatable bonds is 5. The average molecular weight is 335 g/mol. The Kier molecular flexibility index (Phi) is 4.52. The maximum absolute atomic E-state index is 12.0. The molecule has 0 saturated heterocycles. The monoisotopic (exact) mass is 334 g/mol. The Morgan fingerprint density at radius 3 is 2.22 bits per heavy atom. The molecule has 100 valence electrons. The summed E-state index contributed by atoms with van der Waals surface area (Å²) < 4.78 is 26.3. The van der Waals surface area contributed by atoms with E-state index in [-0.39, 0.29) is 4.90 Å². The van der Waals surface area contributed by atoms with Crippen LogP contribution < -0.4 is 10.5 Å². The molecule has 0 fully saturated rings. The number of carbonyl (C=O) groups is 1. The first-order chi connectivity index (χ1) is 8.19. The fourth-order valence-electron chi connectivity index (χ4n) is 1.20. The quantitative estimate of drug-likeness (QED) is 0.791. The molecule has 18 heavy (non-hydrogen) atoms. The summed E-state index contributed by atoms with van der Waals surface area (Å²) in [5, 5.41) is 0.646. The lowest BCUT2D eigenvalue weighted by Crippen LogP contribution is -2.52. The average Bonchev–Trinajstić information content (AvgIpc) is 2.27. The highest BCUT2D eigenvalue weighted by Gasteiger charge is 2.31.